The van der Waals surface area contributed by atoms with Crippen molar-refractivity contribution in [3.63, 3.8) is 0 Å². The van der Waals surface area contributed by atoms with Gasteiger partial charge in [0, 0.05) is 31.6 Å². The molecule has 98 valence electrons. The van der Waals surface area contributed by atoms with Gasteiger partial charge in [-0.25, -0.2) is 0 Å². The van der Waals surface area contributed by atoms with E-state index in [-0.39, 0.29) is 23.3 Å². The molecule has 0 bridgehead atoms. The molecule has 17 heavy (non-hydrogen) atoms. The number of carbonyl (C=O) groups is 3. The van der Waals surface area contributed by atoms with Crippen molar-refractivity contribution in [3.05, 3.63) is 0 Å². The summed E-state index contributed by atoms with van der Waals surface area (Å²) >= 11 is 0. The second-order valence-electron chi connectivity index (χ2n) is 4.57. The van der Waals surface area contributed by atoms with E-state index in [1.807, 2.05) is 13.8 Å². The summed E-state index contributed by atoms with van der Waals surface area (Å²) in [5.41, 5.74) is 0. The second-order valence-corrected chi connectivity index (χ2v) is 4.57. The molecule has 0 rings (SSSR count). The minimum absolute atomic E-state index is 0.102. The molecule has 0 fully saturated rings. The van der Waals surface area contributed by atoms with Crippen LogP contribution in [0.1, 0.15) is 65.7 Å². The van der Waals surface area contributed by atoms with Crippen LogP contribution in [0.15, 0.2) is 0 Å². The predicted molar refractivity (Wildman–Crippen MR) is 67.9 cm³/mol. The third-order valence-corrected chi connectivity index (χ3v) is 3.08. The third kappa shape index (κ3) is 7.83. The Bertz CT molecular complexity index is 265. The molecule has 0 aromatic rings. The molecule has 0 aromatic heterocycles. The SMILES string of the molecule is CCC(CC)C(=O)CCC(=O)CCCC(C)=O. The fourth-order valence-corrected chi connectivity index (χ4v) is 1.87. The summed E-state index contributed by atoms with van der Waals surface area (Å²) in [6.07, 6.45) is 3.93. The lowest BCUT2D eigenvalue weighted by atomic mass is 9.94. The van der Waals surface area contributed by atoms with Crippen LogP contribution in [0.5, 0.6) is 0 Å². The Kier molecular flexibility index (Phi) is 8.55. The van der Waals surface area contributed by atoms with E-state index >= 15 is 0 Å². The summed E-state index contributed by atoms with van der Waals surface area (Å²) in [6.45, 7) is 5.53. The van der Waals surface area contributed by atoms with Crippen LogP contribution >= 0.6 is 0 Å². The van der Waals surface area contributed by atoms with Crippen molar-refractivity contribution >= 4 is 17.3 Å². The van der Waals surface area contributed by atoms with Crippen molar-refractivity contribution in [2.75, 3.05) is 0 Å². The smallest absolute Gasteiger partial charge is 0.136 e. The van der Waals surface area contributed by atoms with Gasteiger partial charge in [-0.05, 0) is 26.2 Å². The summed E-state index contributed by atoms with van der Waals surface area (Å²) in [4.78, 5) is 33.8. The average Bonchev–Trinajstić information content (AvgIpc) is 2.27. The molecule has 0 unspecified atom stereocenters. The van der Waals surface area contributed by atoms with E-state index in [1.165, 1.54) is 6.92 Å². The molecular formula is C14H24O3. The molecule has 0 N–H and O–H groups in total. The molecular weight excluding hydrogens is 216 g/mol. The van der Waals surface area contributed by atoms with E-state index in [0.717, 1.165) is 12.8 Å². The third-order valence-electron chi connectivity index (χ3n) is 3.08. The molecule has 0 aliphatic heterocycles. The van der Waals surface area contributed by atoms with Gasteiger partial charge in [0.1, 0.15) is 17.3 Å². The average molecular weight is 240 g/mol. The first-order chi connectivity index (χ1) is 8.01. The van der Waals surface area contributed by atoms with Crippen LogP contribution in [0.4, 0.5) is 0 Å². The Morgan fingerprint density at radius 1 is 0.882 bits per heavy atom. The van der Waals surface area contributed by atoms with Crippen LogP contribution in [0.2, 0.25) is 0 Å². The van der Waals surface area contributed by atoms with Crippen LogP contribution in [0.25, 0.3) is 0 Å². The van der Waals surface area contributed by atoms with E-state index in [9.17, 15) is 14.4 Å². The van der Waals surface area contributed by atoms with Crippen LogP contribution in [0, 0.1) is 5.92 Å². The zero-order chi connectivity index (χ0) is 13.3. The first-order valence-electron chi connectivity index (χ1n) is 6.55. The van der Waals surface area contributed by atoms with Gasteiger partial charge in [0.05, 0.1) is 0 Å². The van der Waals surface area contributed by atoms with Crippen molar-refractivity contribution in [3.8, 4) is 0 Å². The summed E-state index contributed by atoms with van der Waals surface area (Å²) in [5, 5.41) is 0. The highest BCUT2D eigenvalue weighted by Crippen LogP contribution is 2.13. The number of hydrogen-bond donors (Lipinski definition) is 0. The van der Waals surface area contributed by atoms with E-state index in [1.54, 1.807) is 0 Å². The summed E-state index contributed by atoms with van der Waals surface area (Å²) in [7, 11) is 0. The normalized spacial score (nSPS) is 10.6. The highest BCUT2D eigenvalue weighted by atomic mass is 16.1. The van der Waals surface area contributed by atoms with Crippen LogP contribution in [-0.2, 0) is 14.4 Å². The minimum atomic E-state index is 0.102. The van der Waals surface area contributed by atoms with Crippen molar-refractivity contribution < 1.29 is 14.4 Å². The Hall–Kier alpha value is -0.990. The van der Waals surface area contributed by atoms with Crippen LogP contribution < -0.4 is 0 Å². The zero-order valence-corrected chi connectivity index (χ0v) is 11.3. The maximum Gasteiger partial charge on any atom is 0.136 e. The monoisotopic (exact) mass is 240 g/mol. The van der Waals surface area contributed by atoms with Crippen LogP contribution in [0.3, 0.4) is 0 Å². The summed E-state index contributed by atoms with van der Waals surface area (Å²) in [6, 6.07) is 0. The zero-order valence-electron chi connectivity index (χ0n) is 11.3. The van der Waals surface area contributed by atoms with Gasteiger partial charge in [-0.3, -0.25) is 9.59 Å². The van der Waals surface area contributed by atoms with Crippen molar-refractivity contribution in [1.29, 1.82) is 0 Å². The van der Waals surface area contributed by atoms with Gasteiger partial charge in [-0.15, -0.1) is 0 Å². The molecule has 0 aromatic carbocycles. The highest BCUT2D eigenvalue weighted by molar-refractivity contribution is 5.87. The first kappa shape index (κ1) is 16.0. The Morgan fingerprint density at radius 2 is 1.47 bits per heavy atom. The lowest BCUT2D eigenvalue weighted by molar-refractivity contribution is -0.126. The molecule has 0 heterocycles. The molecule has 0 saturated heterocycles. The Morgan fingerprint density at radius 3 is 1.94 bits per heavy atom. The van der Waals surface area contributed by atoms with Gasteiger partial charge >= 0.3 is 0 Å². The Balaban J connectivity index is 3.76. The number of rotatable bonds is 10. The summed E-state index contributed by atoms with van der Waals surface area (Å²) < 4.78 is 0. The number of carbonyl (C=O) groups excluding carboxylic acids is 3. The van der Waals surface area contributed by atoms with E-state index in [2.05, 4.69) is 0 Å². The first-order valence-corrected chi connectivity index (χ1v) is 6.55. The largest absolute Gasteiger partial charge is 0.300 e. The minimum Gasteiger partial charge on any atom is -0.300 e. The molecule has 0 spiro atoms. The molecule has 0 radical (unpaired) electrons. The van der Waals surface area contributed by atoms with Crippen molar-refractivity contribution in [2.45, 2.75) is 65.7 Å². The molecule has 0 saturated carbocycles. The molecule has 0 aliphatic rings. The van der Waals surface area contributed by atoms with E-state index in [4.69, 9.17) is 0 Å². The number of hydrogen-bond acceptors (Lipinski definition) is 3. The van der Waals surface area contributed by atoms with Crippen molar-refractivity contribution in [2.24, 2.45) is 5.92 Å². The molecule has 0 atom stereocenters. The van der Waals surface area contributed by atoms with Crippen molar-refractivity contribution in [1.82, 2.24) is 0 Å². The van der Waals surface area contributed by atoms with Gasteiger partial charge in [-0.1, -0.05) is 13.8 Å². The van der Waals surface area contributed by atoms with Gasteiger partial charge in [0.25, 0.3) is 0 Å². The lowest BCUT2D eigenvalue weighted by Crippen LogP contribution is -2.14. The van der Waals surface area contributed by atoms with E-state index in [0.29, 0.717) is 32.1 Å². The molecule has 0 amide bonds. The maximum atomic E-state index is 11.7. The van der Waals surface area contributed by atoms with E-state index < -0.39 is 0 Å². The predicted octanol–water partition coefficient (Wildman–Crippen LogP) is 3.10. The second kappa shape index (κ2) is 9.08. The standard InChI is InChI=1S/C14H24O3/c1-4-12(5-2)14(17)10-9-13(16)8-6-7-11(3)15/h12H,4-10H2,1-3H3. The van der Waals surface area contributed by atoms with Crippen LogP contribution in [-0.4, -0.2) is 17.3 Å². The lowest BCUT2D eigenvalue weighted by Gasteiger charge is -2.10. The highest BCUT2D eigenvalue weighted by Gasteiger charge is 2.15. The van der Waals surface area contributed by atoms with Gasteiger partial charge in [0.2, 0.25) is 0 Å². The maximum absolute atomic E-state index is 11.7. The summed E-state index contributed by atoms with van der Waals surface area (Å²) in [5.74, 6) is 0.534. The number of ketones is 3. The quantitative estimate of drug-likeness (QED) is 0.589. The fourth-order valence-electron chi connectivity index (χ4n) is 1.87. The fraction of sp³-hybridized carbons (Fsp3) is 0.786. The Labute approximate surface area is 104 Å². The van der Waals surface area contributed by atoms with Gasteiger partial charge < -0.3 is 4.79 Å². The molecule has 3 heteroatoms. The topological polar surface area (TPSA) is 51.2 Å². The van der Waals surface area contributed by atoms with Gasteiger partial charge in [-0.2, -0.15) is 0 Å². The van der Waals surface area contributed by atoms with Gasteiger partial charge in [0.15, 0.2) is 0 Å². The molecule has 0 aliphatic carbocycles. The number of Topliss-reactive ketones (excluding diaryl/α,β-unsaturated/α-hetero) is 3. The molecule has 3 nitrogen and oxygen atoms in total.